The van der Waals surface area contributed by atoms with Gasteiger partial charge >= 0.3 is 5.97 Å². The van der Waals surface area contributed by atoms with Crippen molar-refractivity contribution < 1.29 is 19.4 Å². The summed E-state index contributed by atoms with van der Waals surface area (Å²) in [5.41, 5.74) is 0. The highest BCUT2D eigenvalue weighted by molar-refractivity contribution is 5.82. The largest absolute Gasteiger partial charge is 0.458 e. The summed E-state index contributed by atoms with van der Waals surface area (Å²) < 4.78 is 11.1. The molecule has 0 aromatic carbocycles. The van der Waals surface area contributed by atoms with Gasteiger partial charge in [-0.05, 0) is 25.7 Å². The lowest BCUT2D eigenvalue weighted by atomic mass is 9.83. The zero-order valence-corrected chi connectivity index (χ0v) is 15.1. The molecule has 4 nitrogen and oxygen atoms in total. The number of methoxy groups -OCH3 is 1. The van der Waals surface area contributed by atoms with Gasteiger partial charge < -0.3 is 14.6 Å². The van der Waals surface area contributed by atoms with Crippen LogP contribution in [0.3, 0.4) is 0 Å². The highest BCUT2D eigenvalue weighted by Crippen LogP contribution is 2.29. The molecule has 0 saturated heterocycles. The average molecular weight is 324 g/mol. The van der Waals surface area contributed by atoms with E-state index in [0.29, 0.717) is 12.3 Å². The van der Waals surface area contributed by atoms with E-state index in [9.17, 15) is 9.90 Å². The van der Waals surface area contributed by atoms with E-state index < -0.39 is 6.10 Å². The standard InChI is InChI=1S/C19H32O4/c1-6-8-9-13(3)19(22-5)14(4)16(20)12-17-15(7-2)10-11-18(21)23-17/h6,8,10-11,13-17,19-20H,7,9,12H2,1-5H3/b8-6+. The molecule has 1 heterocycles. The Morgan fingerprint density at radius 1 is 1.43 bits per heavy atom. The number of hydrogen-bond acceptors (Lipinski definition) is 4. The van der Waals surface area contributed by atoms with Crippen molar-refractivity contribution in [3.63, 3.8) is 0 Å². The molecule has 4 heteroatoms. The predicted octanol–water partition coefficient (Wildman–Crippen LogP) is 3.50. The summed E-state index contributed by atoms with van der Waals surface area (Å²) in [4.78, 5) is 11.5. The Bertz CT molecular complexity index is 416. The van der Waals surface area contributed by atoms with E-state index in [-0.39, 0.29) is 30.0 Å². The number of hydrogen-bond donors (Lipinski definition) is 1. The number of carbonyl (C=O) groups is 1. The summed E-state index contributed by atoms with van der Waals surface area (Å²) >= 11 is 0. The van der Waals surface area contributed by atoms with Gasteiger partial charge in [0.25, 0.3) is 0 Å². The second kappa shape index (κ2) is 9.89. The van der Waals surface area contributed by atoms with Gasteiger partial charge in [0, 0.05) is 31.4 Å². The van der Waals surface area contributed by atoms with Gasteiger partial charge in [0.1, 0.15) is 6.10 Å². The normalized spacial score (nSPS) is 26.8. The maximum Gasteiger partial charge on any atom is 0.330 e. The van der Waals surface area contributed by atoms with Crippen molar-refractivity contribution in [2.45, 2.75) is 65.3 Å². The van der Waals surface area contributed by atoms with Gasteiger partial charge in [-0.25, -0.2) is 4.79 Å². The van der Waals surface area contributed by atoms with E-state index in [2.05, 4.69) is 19.9 Å². The average Bonchev–Trinajstić information content (AvgIpc) is 2.53. The molecule has 0 amide bonds. The van der Waals surface area contributed by atoms with Crippen LogP contribution in [-0.2, 0) is 14.3 Å². The molecule has 6 unspecified atom stereocenters. The predicted molar refractivity (Wildman–Crippen MR) is 92.0 cm³/mol. The fourth-order valence-corrected chi connectivity index (χ4v) is 3.35. The third-order valence-electron chi connectivity index (χ3n) is 4.87. The summed E-state index contributed by atoms with van der Waals surface area (Å²) in [6, 6.07) is 0. The minimum atomic E-state index is -0.564. The van der Waals surface area contributed by atoms with E-state index in [4.69, 9.17) is 9.47 Å². The zero-order valence-electron chi connectivity index (χ0n) is 15.1. The van der Waals surface area contributed by atoms with Crippen LogP contribution in [0.5, 0.6) is 0 Å². The first-order chi connectivity index (χ1) is 10.9. The van der Waals surface area contributed by atoms with E-state index in [1.165, 1.54) is 6.08 Å². The lowest BCUT2D eigenvalue weighted by Crippen LogP contribution is -2.40. The molecule has 6 atom stereocenters. The van der Waals surface area contributed by atoms with Gasteiger partial charge in [0.2, 0.25) is 0 Å². The Balaban J connectivity index is 2.68. The molecule has 0 aromatic heterocycles. The van der Waals surface area contributed by atoms with Gasteiger partial charge in [-0.15, -0.1) is 0 Å². The van der Waals surface area contributed by atoms with Crippen molar-refractivity contribution in [1.29, 1.82) is 0 Å². The molecular weight excluding hydrogens is 292 g/mol. The number of aliphatic hydroxyl groups excluding tert-OH is 1. The fourth-order valence-electron chi connectivity index (χ4n) is 3.35. The smallest absolute Gasteiger partial charge is 0.330 e. The van der Waals surface area contributed by atoms with Crippen LogP contribution < -0.4 is 0 Å². The first-order valence-electron chi connectivity index (χ1n) is 8.65. The molecule has 1 aliphatic rings. The number of cyclic esters (lactones) is 1. The van der Waals surface area contributed by atoms with E-state index in [1.54, 1.807) is 7.11 Å². The molecule has 0 saturated carbocycles. The number of esters is 1. The van der Waals surface area contributed by atoms with Crippen molar-refractivity contribution in [1.82, 2.24) is 0 Å². The summed E-state index contributed by atoms with van der Waals surface area (Å²) in [6.07, 6.45) is 8.95. The Kier molecular flexibility index (Phi) is 8.56. The highest BCUT2D eigenvalue weighted by atomic mass is 16.5. The van der Waals surface area contributed by atoms with E-state index in [1.807, 2.05) is 26.0 Å². The summed E-state index contributed by atoms with van der Waals surface area (Å²) in [7, 11) is 1.69. The van der Waals surface area contributed by atoms with Crippen molar-refractivity contribution in [3.8, 4) is 0 Å². The molecule has 23 heavy (non-hydrogen) atoms. The topological polar surface area (TPSA) is 55.8 Å². The third-order valence-corrected chi connectivity index (χ3v) is 4.87. The Labute approximate surface area is 140 Å². The number of carbonyl (C=O) groups excluding carboxylic acids is 1. The minimum Gasteiger partial charge on any atom is -0.458 e. The van der Waals surface area contributed by atoms with Gasteiger partial charge in [0.15, 0.2) is 0 Å². The lowest BCUT2D eigenvalue weighted by molar-refractivity contribution is -0.149. The molecule has 1 N–H and O–H groups in total. The number of rotatable bonds is 9. The maximum absolute atomic E-state index is 11.5. The van der Waals surface area contributed by atoms with Crippen LogP contribution in [0.1, 0.15) is 47.0 Å². The second-order valence-corrected chi connectivity index (χ2v) is 6.55. The maximum atomic E-state index is 11.5. The van der Waals surface area contributed by atoms with Crippen LogP contribution in [0.4, 0.5) is 0 Å². The first-order valence-corrected chi connectivity index (χ1v) is 8.65. The van der Waals surface area contributed by atoms with Crippen LogP contribution in [0.2, 0.25) is 0 Å². The summed E-state index contributed by atoms with van der Waals surface area (Å²) in [6.45, 7) is 8.21. The Morgan fingerprint density at radius 3 is 2.70 bits per heavy atom. The molecule has 0 bridgehead atoms. The molecule has 1 rings (SSSR count). The van der Waals surface area contributed by atoms with Gasteiger partial charge in [-0.3, -0.25) is 0 Å². The van der Waals surface area contributed by atoms with Gasteiger partial charge in [-0.2, -0.15) is 0 Å². The third kappa shape index (κ3) is 5.78. The van der Waals surface area contributed by atoms with E-state index >= 15 is 0 Å². The number of ether oxygens (including phenoxy) is 2. The second-order valence-electron chi connectivity index (χ2n) is 6.55. The minimum absolute atomic E-state index is 0.0256. The molecule has 0 fully saturated rings. The molecule has 0 aliphatic carbocycles. The van der Waals surface area contributed by atoms with Crippen LogP contribution in [0, 0.1) is 17.8 Å². The fraction of sp³-hybridized carbons (Fsp3) is 0.737. The van der Waals surface area contributed by atoms with Crippen molar-refractivity contribution >= 4 is 5.97 Å². The van der Waals surface area contributed by atoms with Crippen molar-refractivity contribution in [2.24, 2.45) is 17.8 Å². The van der Waals surface area contributed by atoms with Crippen molar-refractivity contribution in [3.05, 3.63) is 24.3 Å². The molecular formula is C19H32O4. The molecule has 0 aromatic rings. The molecule has 0 spiro atoms. The van der Waals surface area contributed by atoms with Crippen LogP contribution in [0.25, 0.3) is 0 Å². The Morgan fingerprint density at radius 2 is 2.13 bits per heavy atom. The Hall–Kier alpha value is -1.13. The summed E-state index contributed by atoms with van der Waals surface area (Å²) in [5.74, 6) is 0.152. The quantitative estimate of drug-likeness (QED) is 0.521. The van der Waals surface area contributed by atoms with Crippen LogP contribution in [-0.4, -0.2) is 36.5 Å². The lowest BCUT2D eigenvalue weighted by Gasteiger charge is -2.34. The monoisotopic (exact) mass is 324 g/mol. The zero-order chi connectivity index (χ0) is 17.4. The van der Waals surface area contributed by atoms with Crippen LogP contribution in [0.15, 0.2) is 24.3 Å². The first kappa shape index (κ1) is 19.9. The van der Waals surface area contributed by atoms with E-state index in [0.717, 1.165) is 12.8 Å². The van der Waals surface area contributed by atoms with Crippen molar-refractivity contribution in [2.75, 3.05) is 7.11 Å². The number of aliphatic hydroxyl groups is 1. The molecule has 132 valence electrons. The SMILES string of the molecule is C/C=C/CC(C)C(OC)C(C)C(O)CC1OC(=O)C=CC1CC. The van der Waals surface area contributed by atoms with Crippen LogP contribution >= 0.6 is 0 Å². The summed E-state index contributed by atoms with van der Waals surface area (Å²) in [5, 5.41) is 10.6. The number of allylic oxidation sites excluding steroid dienone is 2. The molecule has 1 aliphatic heterocycles. The van der Waals surface area contributed by atoms with Gasteiger partial charge in [-0.1, -0.05) is 39.0 Å². The molecule has 0 radical (unpaired) electrons. The highest BCUT2D eigenvalue weighted by Gasteiger charge is 2.33. The van der Waals surface area contributed by atoms with Gasteiger partial charge in [0.05, 0.1) is 12.2 Å².